The number of rotatable bonds is 14. The van der Waals surface area contributed by atoms with Crippen LogP contribution in [0.4, 0.5) is 5.69 Å². The highest BCUT2D eigenvalue weighted by atomic mass is 35.5. The number of hydrogen-bond donors (Lipinski definition) is 1. The van der Waals surface area contributed by atoms with Gasteiger partial charge < -0.3 is 15.0 Å². The van der Waals surface area contributed by atoms with Crippen LogP contribution in [-0.4, -0.2) is 51.4 Å². The van der Waals surface area contributed by atoms with Crippen molar-refractivity contribution in [2.45, 2.75) is 50.6 Å². The fraction of sp³-hybridized carbons (Fsp3) is 0.333. The lowest BCUT2D eigenvalue weighted by molar-refractivity contribution is -0.140. The average Bonchev–Trinajstić information content (AvgIpc) is 2.97. The Morgan fingerprint density at radius 3 is 2.29 bits per heavy atom. The number of para-hydroxylation sites is 2. The van der Waals surface area contributed by atoms with Crippen molar-refractivity contribution in [1.29, 1.82) is 0 Å². The summed E-state index contributed by atoms with van der Waals surface area (Å²) >= 11 is 12.5. The Labute approximate surface area is 252 Å². The van der Waals surface area contributed by atoms with E-state index in [0.717, 1.165) is 17.1 Å². The molecule has 220 valence electrons. The second-order valence-electron chi connectivity index (χ2n) is 9.32. The maximum absolute atomic E-state index is 14.2. The molecule has 2 amide bonds. The quantitative estimate of drug-likeness (QED) is 0.226. The number of carbonyl (C=O) groups excluding carboxylic acids is 2. The van der Waals surface area contributed by atoms with Crippen LogP contribution in [0.2, 0.25) is 10.0 Å². The normalized spacial score (nSPS) is 11.9. The molecular formula is C30H35Cl2N3O5S. The van der Waals surface area contributed by atoms with Crippen molar-refractivity contribution in [2.75, 3.05) is 24.5 Å². The number of amides is 2. The van der Waals surface area contributed by atoms with Gasteiger partial charge in [0.15, 0.2) is 0 Å². The van der Waals surface area contributed by atoms with Crippen LogP contribution in [0.1, 0.15) is 38.7 Å². The van der Waals surface area contributed by atoms with Crippen LogP contribution in [0.3, 0.4) is 0 Å². The number of halogens is 2. The van der Waals surface area contributed by atoms with E-state index < -0.39 is 28.5 Å². The second-order valence-corrected chi connectivity index (χ2v) is 12.0. The number of unbranched alkanes of at least 4 members (excludes halogenated alkanes) is 1. The summed E-state index contributed by atoms with van der Waals surface area (Å²) in [6.45, 7) is 3.67. The highest BCUT2D eigenvalue weighted by molar-refractivity contribution is 7.92. The van der Waals surface area contributed by atoms with Crippen molar-refractivity contribution in [3.63, 3.8) is 0 Å². The molecule has 0 aromatic heterocycles. The fourth-order valence-corrected chi connectivity index (χ4v) is 6.24. The van der Waals surface area contributed by atoms with Crippen LogP contribution in [0.25, 0.3) is 0 Å². The Kier molecular flexibility index (Phi) is 11.9. The molecule has 0 saturated carbocycles. The van der Waals surface area contributed by atoms with Crippen molar-refractivity contribution >= 4 is 50.7 Å². The van der Waals surface area contributed by atoms with E-state index in [9.17, 15) is 18.0 Å². The topological polar surface area (TPSA) is 96.0 Å². The molecule has 0 saturated heterocycles. The Morgan fingerprint density at radius 2 is 1.66 bits per heavy atom. The van der Waals surface area contributed by atoms with Crippen LogP contribution >= 0.6 is 23.2 Å². The lowest BCUT2D eigenvalue weighted by Crippen LogP contribution is -2.52. The summed E-state index contributed by atoms with van der Waals surface area (Å²) in [5.74, 6) is -0.635. The predicted octanol–water partition coefficient (Wildman–Crippen LogP) is 5.92. The van der Waals surface area contributed by atoms with Gasteiger partial charge in [-0.15, -0.1) is 0 Å². The number of nitrogens with one attached hydrogen (secondary N) is 1. The number of sulfonamides is 1. The number of ether oxygens (including phenoxy) is 1. The van der Waals surface area contributed by atoms with Gasteiger partial charge in [-0.2, -0.15) is 0 Å². The molecule has 3 rings (SSSR count). The van der Waals surface area contributed by atoms with Crippen LogP contribution in [-0.2, 0) is 26.2 Å². The number of anilines is 1. The summed E-state index contributed by atoms with van der Waals surface area (Å²) in [6, 6.07) is 18.4. The van der Waals surface area contributed by atoms with Gasteiger partial charge in [0.05, 0.1) is 17.7 Å². The first-order chi connectivity index (χ1) is 19.6. The summed E-state index contributed by atoms with van der Waals surface area (Å²) in [7, 11) is -2.78. The SMILES string of the molecule is CCCCNC(=O)[C@@H](CC)N(Cc1ccc(Cl)cc1Cl)C(=O)CN(c1ccccc1OC)S(=O)(=O)c1ccccc1. The smallest absolute Gasteiger partial charge is 0.264 e. The number of methoxy groups -OCH3 is 1. The highest BCUT2D eigenvalue weighted by Crippen LogP contribution is 2.33. The van der Waals surface area contributed by atoms with Crippen molar-refractivity contribution in [2.24, 2.45) is 0 Å². The molecule has 8 nitrogen and oxygen atoms in total. The molecule has 0 radical (unpaired) electrons. The molecule has 1 atom stereocenters. The molecule has 0 unspecified atom stereocenters. The molecule has 0 aliphatic rings. The first-order valence-corrected chi connectivity index (χ1v) is 15.6. The molecule has 3 aromatic rings. The molecule has 0 aliphatic heterocycles. The van der Waals surface area contributed by atoms with E-state index in [1.165, 1.54) is 24.1 Å². The minimum atomic E-state index is -4.21. The van der Waals surface area contributed by atoms with E-state index in [1.54, 1.807) is 67.6 Å². The summed E-state index contributed by atoms with van der Waals surface area (Å²) < 4.78 is 34.4. The molecule has 0 spiro atoms. The minimum absolute atomic E-state index is 0.00959. The lowest BCUT2D eigenvalue weighted by atomic mass is 10.1. The van der Waals surface area contributed by atoms with Crippen molar-refractivity contribution in [1.82, 2.24) is 10.2 Å². The second kappa shape index (κ2) is 15.1. The Balaban J connectivity index is 2.08. The van der Waals surface area contributed by atoms with Gasteiger partial charge in [-0.25, -0.2) is 8.42 Å². The Hall–Kier alpha value is -3.27. The van der Waals surface area contributed by atoms with Crippen LogP contribution in [0.15, 0.2) is 77.7 Å². The van der Waals surface area contributed by atoms with Crippen molar-refractivity contribution in [3.05, 3.63) is 88.4 Å². The first kappa shape index (κ1) is 32.2. The zero-order chi connectivity index (χ0) is 30.0. The van der Waals surface area contributed by atoms with Crippen LogP contribution in [0.5, 0.6) is 5.75 Å². The molecule has 0 aliphatic carbocycles. The number of benzene rings is 3. The average molecular weight is 621 g/mol. The van der Waals surface area contributed by atoms with E-state index in [4.69, 9.17) is 27.9 Å². The molecule has 3 aromatic carbocycles. The minimum Gasteiger partial charge on any atom is -0.495 e. The summed E-state index contributed by atoms with van der Waals surface area (Å²) in [4.78, 5) is 28.8. The Morgan fingerprint density at radius 1 is 0.976 bits per heavy atom. The zero-order valence-electron chi connectivity index (χ0n) is 23.3. The van der Waals surface area contributed by atoms with E-state index in [1.807, 2.05) is 6.92 Å². The molecule has 0 bridgehead atoms. The highest BCUT2D eigenvalue weighted by Gasteiger charge is 2.34. The molecule has 0 fully saturated rings. The monoisotopic (exact) mass is 619 g/mol. The summed E-state index contributed by atoms with van der Waals surface area (Å²) in [6.07, 6.45) is 1.98. The number of hydrogen-bond acceptors (Lipinski definition) is 5. The summed E-state index contributed by atoms with van der Waals surface area (Å²) in [5, 5.41) is 3.66. The van der Waals surface area contributed by atoms with Gasteiger partial charge in [0.2, 0.25) is 11.8 Å². The van der Waals surface area contributed by atoms with Gasteiger partial charge in [0.1, 0.15) is 18.3 Å². The molecule has 1 N–H and O–H groups in total. The largest absolute Gasteiger partial charge is 0.495 e. The third-order valence-electron chi connectivity index (χ3n) is 6.54. The van der Waals surface area contributed by atoms with Gasteiger partial charge in [-0.1, -0.05) is 79.9 Å². The van der Waals surface area contributed by atoms with Gasteiger partial charge in [0, 0.05) is 23.1 Å². The first-order valence-electron chi connectivity index (χ1n) is 13.4. The van der Waals surface area contributed by atoms with E-state index in [0.29, 0.717) is 28.6 Å². The van der Waals surface area contributed by atoms with E-state index in [-0.39, 0.29) is 28.8 Å². The zero-order valence-corrected chi connectivity index (χ0v) is 25.7. The Bertz CT molecular complexity index is 1440. The predicted molar refractivity (Wildman–Crippen MR) is 163 cm³/mol. The van der Waals surface area contributed by atoms with E-state index >= 15 is 0 Å². The standard InChI is InChI=1S/C30H35Cl2N3O5S/c1-4-6-18-33-30(37)26(5-2)34(20-22-16-17-23(31)19-25(22)32)29(36)21-35(27-14-10-11-15-28(27)40-3)41(38,39)24-12-8-7-9-13-24/h7-17,19,26H,4-6,18,20-21H2,1-3H3,(H,33,37)/t26-/m1/s1. The van der Waals surface area contributed by atoms with E-state index in [2.05, 4.69) is 5.32 Å². The third-order valence-corrected chi connectivity index (χ3v) is 8.90. The van der Waals surface area contributed by atoms with Crippen molar-refractivity contribution in [3.8, 4) is 5.75 Å². The fourth-order valence-electron chi connectivity index (χ4n) is 4.33. The van der Waals surface area contributed by atoms with Crippen LogP contribution in [0, 0.1) is 0 Å². The van der Waals surface area contributed by atoms with Gasteiger partial charge in [0.25, 0.3) is 10.0 Å². The van der Waals surface area contributed by atoms with Crippen molar-refractivity contribution < 1.29 is 22.7 Å². The molecule has 41 heavy (non-hydrogen) atoms. The van der Waals surface area contributed by atoms with Crippen LogP contribution < -0.4 is 14.4 Å². The lowest BCUT2D eigenvalue weighted by Gasteiger charge is -2.33. The maximum Gasteiger partial charge on any atom is 0.264 e. The maximum atomic E-state index is 14.2. The summed E-state index contributed by atoms with van der Waals surface area (Å²) in [5.41, 5.74) is 0.760. The molecule has 0 heterocycles. The number of nitrogens with zero attached hydrogens (tertiary/aromatic N) is 2. The van der Waals surface area contributed by atoms with Gasteiger partial charge in [-0.3, -0.25) is 13.9 Å². The third kappa shape index (κ3) is 8.15. The molecular weight excluding hydrogens is 585 g/mol. The number of carbonyl (C=O) groups is 2. The van der Waals surface area contributed by atoms with Gasteiger partial charge in [-0.05, 0) is 54.8 Å². The van der Waals surface area contributed by atoms with Gasteiger partial charge >= 0.3 is 0 Å². The molecule has 11 heteroatoms.